The van der Waals surface area contributed by atoms with Crippen molar-refractivity contribution in [2.45, 2.75) is 37.5 Å². The SMILES string of the molecule is COc1cccc(N2C[C@H]3CC[C@H](NC(=O)[C@@H]4C[C@@H](F)CN4)[C@H]3C2)c1. The number of rotatable bonds is 4. The Morgan fingerprint density at radius 1 is 1.36 bits per heavy atom. The Morgan fingerprint density at radius 2 is 2.24 bits per heavy atom. The molecule has 0 aromatic heterocycles. The number of fused-ring (bicyclic) bond motifs is 1. The third-order valence-corrected chi connectivity index (χ3v) is 6.00. The van der Waals surface area contributed by atoms with Crippen LogP contribution >= 0.6 is 0 Å². The summed E-state index contributed by atoms with van der Waals surface area (Å²) in [7, 11) is 1.68. The molecule has 1 aromatic rings. The van der Waals surface area contributed by atoms with Crippen molar-refractivity contribution in [3.05, 3.63) is 24.3 Å². The molecule has 1 aromatic carbocycles. The molecule has 2 N–H and O–H groups in total. The maximum atomic E-state index is 13.3. The molecule has 2 saturated heterocycles. The predicted molar refractivity (Wildman–Crippen MR) is 94.7 cm³/mol. The van der Waals surface area contributed by atoms with E-state index in [2.05, 4.69) is 27.7 Å². The molecule has 1 saturated carbocycles. The number of alkyl halides is 1. The van der Waals surface area contributed by atoms with E-state index >= 15 is 0 Å². The van der Waals surface area contributed by atoms with Gasteiger partial charge in [0.1, 0.15) is 11.9 Å². The topological polar surface area (TPSA) is 53.6 Å². The Morgan fingerprint density at radius 3 is 3.00 bits per heavy atom. The summed E-state index contributed by atoms with van der Waals surface area (Å²) in [6, 6.07) is 7.98. The first-order valence-corrected chi connectivity index (χ1v) is 9.21. The fourth-order valence-electron chi connectivity index (χ4n) is 4.64. The summed E-state index contributed by atoms with van der Waals surface area (Å²) in [4.78, 5) is 14.8. The lowest BCUT2D eigenvalue weighted by atomic mass is 9.97. The fraction of sp³-hybridized carbons (Fsp3) is 0.632. The van der Waals surface area contributed by atoms with Crippen LogP contribution in [0.5, 0.6) is 5.75 Å². The number of ether oxygens (including phenoxy) is 1. The lowest BCUT2D eigenvalue weighted by molar-refractivity contribution is -0.123. The van der Waals surface area contributed by atoms with Gasteiger partial charge in [-0.3, -0.25) is 4.79 Å². The van der Waals surface area contributed by atoms with Crippen LogP contribution in [0.1, 0.15) is 19.3 Å². The summed E-state index contributed by atoms with van der Waals surface area (Å²) in [5.74, 6) is 1.91. The second-order valence-electron chi connectivity index (χ2n) is 7.52. The van der Waals surface area contributed by atoms with Crippen LogP contribution in [0.3, 0.4) is 0 Å². The van der Waals surface area contributed by atoms with Gasteiger partial charge in [-0.25, -0.2) is 4.39 Å². The maximum Gasteiger partial charge on any atom is 0.237 e. The van der Waals surface area contributed by atoms with Crippen molar-refractivity contribution in [2.75, 3.05) is 31.6 Å². The van der Waals surface area contributed by atoms with Crippen LogP contribution in [0.2, 0.25) is 0 Å². The first-order valence-electron chi connectivity index (χ1n) is 9.21. The van der Waals surface area contributed by atoms with Crippen LogP contribution in [0.4, 0.5) is 10.1 Å². The highest BCUT2D eigenvalue weighted by Gasteiger charge is 2.44. The van der Waals surface area contributed by atoms with Crippen LogP contribution < -0.4 is 20.3 Å². The van der Waals surface area contributed by atoms with Gasteiger partial charge in [-0.2, -0.15) is 0 Å². The smallest absolute Gasteiger partial charge is 0.237 e. The highest BCUT2D eigenvalue weighted by atomic mass is 19.1. The fourth-order valence-corrected chi connectivity index (χ4v) is 4.64. The van der Waals surface area contributed by atoms with Gasteiger partial charge in [0.15, 0.2) is 0 Å². The first-order chi connectivity index (χ1) is 12.1. The molecule has 1 aliphatic carbocycles. The maximum absolute atomic E-state index is 13.3. The molecular weight excluding hydrogens is 321 g/mol. The van der Waals surface area contributed by atoms with Gasteiger partial charge < -0.3 is 20.3 Å². The molecule has 1 amide bonds. The van der Waals surface area contributed by atoms with E-state index in [4.69, 9.17) is 4.74 Å². The molecule has 5 nitrogen and oxygen atoms in total. The second-order valence-corrected chi connectivity index (χ2v) is 7.52. The highest BCUT2D eigenvalue weighted by Crippen LogP contribution is 2.40. The average molecular weight is 347 g/mol. The van der Waals surface area contributed by atoms with Crippen LogP contribution in [0.25, 0.3) is 0 Å². The summed E-state index contributed by atoms with van der Waals surface area (Å²) in [6.07, 6.45) is 1.56. The number of hydrogen-bond donors (Lipinski definition) is 2. The number of benzene rings is 1. The molecule has 136 valence electrons. The number of carbonyl (C=O) groups is 1. The van der Waals surface area contributed by atoms with Crippen LogP contribution in [-0.4, -0.2) is 50.9 Å². The number of amides is 1. The molecule has 3 fully saturated rings. The standard InChI is InChI=1S/C19H26FN3O2/c1-25-15-4-2-3-14(8-15)23-10-12-5-6-17(16(12)11-23)22-19(24)18-7-13(20)9-21-18/h2-4,8,12-13,16-18,21H,5-7,9-11H2,1H3,(H,22,24)/t12-,13-,16+,17+,18+/m1/s1. The number of nitrogens with one attached hydrogen (secondary N) is 2. The highest BCUT2D eigenvalue weighted by molar-refractivity contribution is 5.82. The van der Waals surface area contributed by atoms with Gasteiger partial charge in [-0.05, 0) is 30.9 Å². The summed E-state index contributed by atoms with van der Waals surface area (Å²) >= 11 is 0. The minimum absolute atomic E-state index is 0.0365. The van der Waals surface area contributed by atoms with Crippen molar-refractivity contribution >= 4 is 11.6 Å². The van der Waals surface area contributed by atoms with E-state index in [1.807, 2.05) is 12.1 Å². The monoisotopic (exact) mass is 347 g/mol. The number of carbonyl (C=O) groups excluding carboxylic acids is 1. The largest absolute Gasteiger partial charge is 0.497 e. The van der Waals surface area contributed by atoms with Gasteiger partial charge in [0.25, 0.3) is 0 Å². The van der Waals surface area contributed by atoms with Crippen molar-refractivity contribution in [1.82, 2.24) is 10.6 Å². The predicted octanol–water partition coefficient (Wildman–Crippen LogP) is 1.73. The average Bonchev–Trinajstić information content (AvgIpc) is 3.32. The molecular formula is C19H26FN3O2. The molecule has 0 bridgehead atoms. The molecule has 4 rings (SSSR count). The van der Waals surface area contributed by atoms with Gasteiger partial charge in [-0.15, -0.1) is 0 Å². The van der Waals surface area contributed by atoms with Crippen LogP contribution in [-0.2, 0) is 4.79 Å². The summed E-state index contributed by atoms with van der Waals surface area (Å²) in [5, 5.41) is 6.16. The first kappa shape index (κ1) is 16.6. The minimum atomic E-state index is -0.901. The lowest BCUT2D eigenvalue weighted by Crippen LogP contribution is -2.47. The van der Waals surface area contributed by atoms with E-state index in [-0.39, 0.29) is 18.0 Å². The van der Waals surface area contributed by atoms with E-state index < -0.39 is 6.17 Å². The van der Waals surface area contributed by atoms with Crippen molar-refractivity contribution < 1.29 is 13.9 Å². The Hall–Kier alpha value is -1.82. The van der Waals surface area contributed by atoms with Crippen molar-refractivity contribution in [1.29, 1.82) is 0 Å². The van der Waals surface area contributed by atoms with Gasteiger partial charge in [-0.1, -0.05) is 6.07 Å². The molecule has 0 radical (unpaired) electrons. The van der Waals surface area contributed by atoms with Gasteiger partial charge in [0.05, 0.1) is 13.2 Å². The third-order valence-electron chi connectivity index (χ3n) is 6.00. The summed E-state index contributed by atoms with van der Waals surface area (Å²) in [6.45, 7) is 2.27. The van der Waals surface area contributed by atoms with Crippen molar-refractivity contribution in [3.8, 4) is 5.75 Å². The van der Waals surface area contributed by atoms with Crippen LogP contribution in [0, 0.1) is 11.8 Å². The van der Waals surface area contributed by atoms with Crippen molar-refractivity contribution in [2.24, 2.45) is 11.8 Å². The van der Waals surface area contributed by atoms with Crippen molar-refractivity contribution in [3.63, 3.8) is 0 Å². The second kappa shape index (κ2) is 6.83. The molecule has 6 heteroatoms. The van der Waals surface area contributed by atoms with Gasteiger partial charge >= 0.3 is 0 Å². The minimum Gasteiger partial charge on any atom is -0.497 e. The summed E-state index contributed by atoms with van der Waals surface area (Å²) in [5.41, 5.74) is 1.18. The van der Waals surface area contributed by atoms with E-state index in [9.17, 15) is 9.18 Å². The molecule has 2 heterocycles. The molecule has 0 spiro atoms. The molecule has 3 aliphatic rings. The lowest BCUT2D eigenvalue weighted by Gasteiger charge is -2.24. The third kappa shape index (κ3) is 3.32. The Balaban J connectivity index is 1.38. The van der Waals surface area contributed by atoms with Gasteiger partial charge in [0.2, 0.25) is 5.91 Å². The molecule has 5 atom stereocenters. The van der Waals surface area contributed by atoms with Gasteiger partial charge in [0, 0.05) is 49.8 Å². The zero-order valence-corrected chi connectivity index (χ0v) is 14.6. The summed E-state index contributed by atoms with van der Waals surface area (Å²) < 4.78 is 18.6. The van der Waals surface area contributed by atoms with E-state index in [1.54, 1.807) is 7.11 Å². The Bertz CT molecular complexity index is 641. The molecule has 0 unspecified atom stereocenters. The van der Waals surface area contributed by atoms with E-state index in [1.165, 1.54) is 5.69 Å². The Labute approximate surface area is 147 Å². The van der Waals surface area contributed by atoms with Crippen LogP contribution in [0.15, 0.2) is 24.3 Å². The van der Waals surface area contributed by atoms with E-state index in [0.29, 0.717) is 24.8 Å². The van der Waals surface area contributed by atoms with E-state index in [0.717, 1.165) is 31.7 Å². The molecule has 25 heavy (non-hydrogen) atoms. The number of anilines is 1. The number of halogens is 1. The normalized spacial score (nSPS) is 34.2. The zero-order chi connectivity index (χ0) is 17.4. The Kier molecular flexibility index (Phi) is 4.54. The number of nitrogens with zero attached hydrogens (tertiary/aromatic N) is 1. The quantitative estimate of drug-likeness (QED) is 0.871. The number of hydrogen-bond acceptors (Lipinski definition) is 4. The zero-order valence-electron chi connectivity index (χ0n) is 14.6. The molecule has 2 aliphatic heterocycles. The number of methoxy groups -OCH3 is 1.